The average Bonchev–Trinajstić information content (AvgIpc) is 3.30. The van der Waals surface area contributed by atoms with E-state index in [1.807, 2.05) is 18.5 Å². The first-order chi connectivity index (χ1) is 17.5. The van der Waals surface area contributed by atoms with E-state index in [-0.39, 0.29) is 17.5 Å². The van der Waals surface area contributed by atoms with Gasteiger partial charge in [0.1, 0.15) is 17.7 Å². The molecule has 0 bridgehead atoms. The zero-order valence-corrected chi connectivity index (χ0v) is 21.3. The quantitative estimate of drug-likeness (QED) is 0.451. The van der Waals surface area contributed by atoms with Gasteiger partial charge < -0.3 is 19.5 Å². The van der Waals surface area contributed by atoms with Crippen LogP contribution in [0.2, 0.25) is 0 Å². The van der Waals surface area contributed by atoms with Crippen molar-refractivity contribution >= 4 is 11.0 Å². The first-order valence-corrected chi connectivity index (χ1v) is 13.2. The number of hydrogen-bond donors (Lipinski definition) is 1. The standard InChI is InChI=1S/C27H36FN5O3/c1-18-21(27(34)33-12-3-5-23(26(33)30-18)35-16-4-11-29-2)10-15-32-13-8-19(9-14-32)25-22-7-6-20(28)17-24(22)36-31-25/h6-7,17,19,23,29H,3-5,8-16H2,1-2H3. The number of likely N-dealkylation sites (tertiary alicyclic amines) is 1. The Bertz CT molecular complexity index is 1250. The number of fused-ring (bicyclic) bond motifs is 2. The van der Waals surface area contributed by atoms with Gasteiger partial charge in [-0.3, -0.25) is 9.36 Å². The molecule has 5 rings (SSSR count). The summed E-state index contributed by atoms with van der Waals surface area (Å²) in [6, 6.07) is 4.62. The van der Waals surface area contributed by atoms with Crippen LogP contribution in [0.15, 0.2) is 27.5 Å². The average molecular weight is 498 g/mol. The molecule has 3 aromatic rings. The molecule has 2 aromatic heterocycles. The Morgan fingerprint density at radius 2 is 2.06 bits per heavy atom. The number of aromatic nitrogens is 3. The molecule has 0 radical (unpaired) electrons. The van der Waals surface area contributed by atoms with Crippen LogP contribution in [0, 0.1) is 12.7 Å². The summed E-state index contributed by atoms with van der Waals surface area (Å²) in [5.41, 5.74) is 3.18. The zero-order chi connectivity index (χ0) is 25.1. The Balaban J connectivity index is 1.20. The monoisotopic (exact) mass is 497 g/mol. The minimum atomic E-state index is -0.310. The summed E-state index contributed by atoms with van der Waals surface area (Å²) in [4.78, 5) is 20.6. The zero-order valence-electron chi connectivity index (χ0n) is 21.3. The molecular weight excluding hydrogens is 461 g/mol. The van der Waals surface area contributed by atoms with Crippen molar-refractivity contribution in [1.82, 2.24) is 24.9 Å². The molecule has 2 aliphatic heterocycles. The van der Waals surface area contributed by atoms with E-state index in [4.69, 9.17) is 14.2 Å². The minimum absolute atomic E-state index is 0.0946. The van der Waals surface area contributed by atoms with Crippen molar-refractivity contribution < 1.29 is 13.7 Å². The van der Waals surface area contributed by atoms with Crippen molar-refractivity contribution in [3.63, 3.8) is 0 Å². The van der Waals surface area contributed by atoms with Crippen LogP contribution in [-0.2, 0) is 17.7 Å². The fourth-order valence-electron chi connectivity index (χ4n) is 5.59. The molecule has 1 N–H and O–H groups in total. The Morgan fingerprint density at radius 3 is 2.86 bits per heavy atom. The van der Waals surface area contributed by atoms with E-state index in [0.717, 1.165) is 86.4 Å². The summed E-state index contributed by atoms with van der Waals surface area (Å²) < 4.78 is 26.8. The molecule has 1 atom stereocenters. The number of piperidine rings is 1. The highest BCUT2D eigenvalue weighted by Crippen LogP contribution is 2.33. The smallest absolute Gasteiger partial charge is 0.257 e. The van der Waals surface area contributed by atoms with Crippen LogP contribution in [0.5, 0.6) is 0 Å². The molecule has 1 aromatic carbocycles. The summed E-state index contributed by atoms with van der Waals surface area (Å²) >= 11 is 0. The second-order valence-electron chi connectivity index (χ2n) is 10.0. The van der Waals surface area contributed by atoms with Gasteiger partial charge in [-0.15, -0.1) is 0 Å². The van der Waals surface area contributed by atoms with Crippen molar-refractivity contribution in [2.75, 3.05) is 39.8 Å². The van der Waals surface area contributed by atoms with Crippen LogP contribution in [0.25, 0.3) is 11.0 Å². The van der Waals surface area contributed by atoms with Crippen LogP contribution in [0.1, 0.15) is 66.9 Å². The number of aryl methyl sites for hydroxylation is 1. The number of rotatable bonds is 9. The molecule has 194 valence electrons. The lowest BCUT2D eigenvalue weighted by Gasteiger charge is -2.31. The lowest BCUT2D eigenvalue weighted by Crippen LogP contribution is -2.38. The Morgan fingerprint density at radius 1 is 1.22 bits per heavy atom. The number of halogens is 1. The second kappa shape index (κ2) is 11.2. The molecule has 0 amide bonds. The van der Waals surface area contributed by atoms with Crippen molar-refractivity contribution in [3.8, 4) is 0 Å². The van der Waals surface area contributed by atoms with E-state index in [9.17, 15) is 9.18 Å². The molecular formula is C27H36FN5O3. The molecule has 0 spiro atoms. The van der Waals surface area contributed by atoms with E-state index in [0.29, 0.717) is 31.1 Å². The number of ether oxygens (including phenoxy) is 1. The summed E-state index contributed by atoms with van der Waals surface area (Å²) in [7, 11) is 1.94. The number of nitrogens with one attached hydrogen (secondary N) is 1. The van der Waals surface area contributed by atoms with Gasteiger partial charge in [-0.05, 0) is 84.3 Å². The molecule has 1 saturated heterocycles. The van der Waals surface area contributed by atoms with Crippen molar-refractivity contribution in [2.45, 2.75) is 64.0 Å². The summed E-state index contributed by atoms with van der Waals surface area (Å²) in [6.45, 7) is 6.94. The second-order valence-corrected chi connectivity index (χ2v) is 10.0. The largest absolute Gasteiger partial charge is 0.370 e. The lowest BCUT2D eigenvalue weighted by molar-refractivity contribution is 0.0251. The van der Waals surface area contributed by atoms with E-state index < -0.39 is 0 Å². The fraction of sp³-hybridized carbons (Fsp3) is 0.593. The third-order valence-corrected chi connectivity index (χ3v) is 7.64. The van der Waals surface area contributed by atoms with Crippen molar-refractivity contribution in [2.24, 2.45) is 0 Å². The molecule has 2 aliphatic rings. The van der Waals surface area contributed by atoms with Crippen molar-refractivity contribution in [1.29, 1.82) is 0 Å². The highest BCUT2D eigenvalue weighted by molar-refractivity contribution is 5.79. The summed E-state index contributed by atoms with van der Waals surface area (Å²) in [5.74, 6) is 0.781. The number of benzene rings is 1. The maximum Gasteiger partial charge on any atom is 0.257 e. The van der Waals surface area contributed by atoms with Gasteiger partial charge in [0.05, 0.1) is 5.69 Å². The van der Waals surface area contributed by atoms with Gasteiger partial charge in [0.15, 0.2) is 5.58 Å². The van der Waals surface area contributed by atoms with Gasteiger partial charge in [0.25, 0.3) is 5.56 Å². The lowest BCUT2D eigenvalue weighted by atomic mass is 9.91. The Kier molecular flexibility index (Phi) is 7.79. The predicted molar refractivity (Wildman–Crippen MR) is 136 cm³/mol. The maximum absolute atomic E-state index is 13.5. The van der Waals surface area contributed by atoms with E-state index >= 15 is 0 Å². The van der Waals surface area contributed by atoms with Gasteiger partial charge in [0, 0.05) is 48.3 Å². The fourth-order valence-corrected chi connectivity index (χ4v) is 5.59. The number of hydrogen-bond acceptors (Lipinski definition) is 7. The summed E-state index contributed by atoms with van der Waals surface area (Å²) in [6.07, 6.45) is 5.32. The minimum Gasteiger partial charge on any atom is -0.370 e. The van der Waals surface area contributed by atoms with Gasteiger partial charge in [-0.25, -0.2) is 9.37 Å². The maximum atomic E-state index is 13.5. The Labute approximate surface area is 210 Å². The normalized spacial score (nSPS) is 19.1. The molecule has 0 saturated carbocycles. The topological polar surface area (TPSA) is 85.4 Å². The molecule has 8 nitrogen and oxygen atoms in total. The van der Waals surface area contributed by atoms with E-state index in [1.165, 1.54) is 12.1 Å². The molecule has 1 unspecified atom stereocenters. The first kappa shape index (κ1) is 25.0. The molecule has 4 heterocycles. The van der Waals surface area contributed by atoms with Gasteiger partial charge >= 0.3 is 0 Å². The van der Waals surface area contributed by atoms with Crippen LogP contribution >= 0.6 is 0 Å². The Hall–Kier alpha value is -2.62. The molecule has 0 aliphatic carbocycles. The van der Waals surface area contributed by atoms with Crippen LogP contribution < -0.4 is 10.9 Å². The molecule has 1 fully saturated rings. The van der Waals surface area contributed by atoms with Gasteiger partial charge in [-0.2, -0.15) is 0 Å². The third kappa shape index (κ3) is 5.23. The number of nitrogens with zero attached hydrogens (tertiary/aromatic N) is 4. The molecule has 9 heteroatoms. The van der Waals surface area contributed by atoms with Crippen LogP contribution in [-0.4, -0.2) is 59.4 Å². The highest BCUT2D eigenvalue weighted by atomic mass is 19.1. The van der Waals surface area contributed by atoms with Crippen LogP contribution in [0.4, 0.5) is 4.39 Å². The SMILES string of the molecule is CNCCCOC1CCCn2c1nc(C)c(CCN1CCC(c3noc4cc(F)ccc34)CC1)c2=O. The van der Waals surface area contributed by atoms with E-state index in [1.54, 1.807) is 6.07 Å². The van der Waals surface area contributed by atoms with Crippen LogP contribution in [0.3, 0.4) is 0 Å². The summed E-state index contributed by atoms with van der Waals surface area (Å²) in [5, 5.41) is 8.29. The van der Waals surface area contributed by atoms with E-state index in [2.05, 4.69) is 15.4 Å². The third-order valence-electron chi connectivity index (χ3n) is 7.64. The van der Waals surface area contributed by atoms with Gasteiger partial charge in [-0.1, -0.05) is 5.16 Å². The first-order valence-electron chi connectivity index (χ1n) is 13.2. The molecule has 36 heavy (non-hydrogen) atoms. The van der Waals surface area contributed by atoms with Crippen molar-refractivity contribution in [3.05, 3.63) is 57.1 Å². The van der Waals surface area contributed by atoms with Gasteiger partial charge in [0.2, 0.25) is 0 Å². The predicted octanol–water partition coefficient (Wildman–Crippen LogP) is 3.72. The highest BCUT2D eigenvalue weighted by Gasteiger charge is 2.28.